The lowest BCUT2D eigenvalue weighted by molar-refractivity contribution is -0.121. The van der Waals surface area contributed by atoms with Gasteiger partial charge in [0.05, 0.1) is 11.7 Å². The average Bonchev–Trinajstić information content (AvgIpc) is 2.89. The normalized spacial score (nSPS) is 20.2. The molecular formula is C28H36F3N3O3S. The van der Waals surface area contributed by atoms with Crippen LogP contribution >= 0.6 is 0 Å². The van der Waals surface area contributed by atoms with E-state index in [2.05, 4.69) is 14.9 Å². The molecule has 0 unspecified atom stereocenters. The molecule has 0 bridgehead atoms. The van der Waals surface area contributed by atoms with Crippen molar-refractivity contribution in [1.29, 1.82) is 0 Å². The van der Waals surface area contributed by atoms with Crippen LogP contribution in [0.25, 0.3) is 0 Å². The Morgan fingerprint density at radius 2 is 1.61 bits per heavy atom. The molecule has 2 aliphatic rings. The van der Waals surface area contributed by atoms with Crippen molar-refractivity contribution in [2.45, 2.75) is 74.6 Å². The fourth-order valence-corrected chi connectivity index (χ4v) is 6.98. The van der Waals surface area contributed by atoms with Crippen molar-refractivity contribution in [3.05, 3.63) is 71.5 Å². The van der Waals surface area contributed by atoms with Crippen LogP contribution in [0.1, 0.15) is 62.1 Å². The van der Waals surface area contributed by atoms with Crippen molar-refractivity contribution in [3.8, 4) is 0 Å². The number of carbonyl (C=O) groups excluding carboxylic acids is 1. The molecule has 0 radical (unpaired) electrons. The third-order valence-corrected chi connectivity index (χ3v) is 9.54. The van der Waals surface area contributed by atoms with Crippen LogP contribution in [0.2, 0.25) is 0 Å². The van der Waals surface area contributed by atoms with E-state index in [0.29, 0.717) is 13.0 Å². The highest BCUT2D eigenvalue weighted by Crippen LogP contribution is 2.36. The first-order chi connectivity index (χ1) is 18.1. The Balaban J connectivity index is 1.27. The van der Waals surface area contributed by atoms with Gasteiger partial charge >= 0.3 is 0 Å². The summed E-state index contributed by atoms with van der Waals surface area (Å²) in [7, 11) is -3.75. The van der Waals surface area contributed by atoms with Gasteiger partial charge in [-0.3, -0.25) is 4.79 Å². The van der Waals surface area contributed by atoms with E-state index >= 15 is 0 Å². The van der Waals surface area contributed by atoms with E-state index in [9.17, 15) is 26.4 Å². The van der Waals surface area contributed by atoms with Crippen molar-refractivity contribution in [2.75, 3.05) is 19.6 Å². The summed E-state index contributed by atoms with van der Waals surface area (Å²) in [5.41, 5.74) is 1.61. The summed E-state index contributed by atoms with van der Waals surface area (Å²) in [5.74, 6) is -3.20. The number of hydrogen-bond acceptors (Lipinski definition) is 4. The molecule has 2 aromatic carbocycles. The van der Waals surface area contributed by atoms with Crippen LogP contribution in [-0.2, 0) is 21.2 Å². The van der Waals surface area contributed by atoms with Gasteiger partial charge in [-0.1, -0.05) is 42.5 Å². The zero-order valence-electron chi connectivity index (χ0n) is 21.4. The molecule has 208 valence electrons. The number of nitrogens with one attached hydrogen (secondary N) is 2. The van der Waals surface area contributed by atoms with E-state index in [1.807, 2.05) is 30.3 Å². The minimum atomic E-state index is -3.75. The zero-order valence-corrected chi connectivity index (χ0v) is 22.2. The SMILES string of the molecule is O=C(Cc1ccc(F)cc1)NC1CCN(CC[C@H](NS(=O)(=O)C2CCC(F)(F)CC2)c2ccccc2)CC1. The van der Waals surface area contributed by atoms with Gasteiger partial charge in [-0.15, -0.1) is 0 Å². The number of alkyl halides is 2. The third kappa shape index (κ3) is 8.28. The van der Waals surface area contributed by atoms with Gasteiger partial charge in [0.25, 0.3) is 0 Å². The van der Waals surface area contributed by atoms with Crippen molar-refractivity contribution in [1.82, 2.24) is 14.9 Å². The fourth-order valence-electron chi connectivity index (χ4n) is 5.28. The van der Waals surface area contributed by atoms with Crippen molar-refractivity contribution in [2.24, 2.45) is 0 Å². The molecule has 1 saturated carbocycles. The average molecular weight is 552 g/mol. The summed E-state index contributed by atoms with van der Waals surface area (Å²) >= 11 is 0. The maximum Gasteiger partial charge on any atom is 0.248 e. The largest absolute Gasteiger partial charge is 0.353 e. The molecule has 1 amide bonds. The van der Waals surface area contributed by atoms with Gasteiger partial charge in [0, 0.05) is 38.0 Å². The van der Waals surface area contributed by atoms with E-state index in [4.69, 9.17) is 0 Å². The van der Waals surface area contributed by atoms with Gasteiger partial charge in [-0.05, 0) is 61.9 Å². The van der Waals surface area contributed by atoms with E-state index < -0.39 is 40.1 Å². The van der Waals surface area contributed by atoms with E-state index in [0.717, 1.165) is 37.1 Å². The number of amides is 1. The maximum absolute atomic E-state index is 13.6. The molecule has 1 saturated heterocycles. The third-order valence-electron chi connectivity index (χ3n) is 7.58. The first-order valence-electron chi connectivity index (χ1n) is 13.3. The van der Waals surface area contributed by atoms with Crippen LogP contribution < -0.4 is 10.0 Å². The lowest BCUT2D eigenvalue weighted by Crippen LogP contribution is -2.46. The van der Waals surface area contributed by atoms with Crippen LogP contribution in [0.4, 0.5) is 13.2 Å². The fraction of sp³-hybridized carbons (Fsp3) is 0.536. The van der Waals surface area contributed by atoms with Gasteiger partial charge in [0.1, 0.15) is 5.82 Å². The zero-order chi connectivity index (χ0) is 27.2. The first kappa shape index (κ1) is 28.6. The van der Waals surface area contributed by atoms with Crippen molar-refractivity contribution in [3.63, 3.8) is 0 Å². The van der Waals surface area contributed by atoms with Crippen molar-refractivity contribution >= 4 is 15.9 Å². The minimum Gasteiger partial charge on any atom is -0.353 e. The number of piperidine rings is 1. The van der Waals surface area contributed by atoms with Gasteiger partial charge in [-0.25, -0.2) is 26.3 Å². The summed E-state index contributed by atoms with van der Waals surface area (Å²) in [6.07, 6.45) is 1.45. The maximum atomic E-state index is 13.6. The van der Waals surface area contributed by atoms with Gasteiger partial charge < -0.3 is 10.2 Å². The van der Waals surface area contributed by atoms with E-state index in [-0.39, 0.29) is 37.0 Å². The quantitative estimate of drug-likeness (QED) is 0.453. The number of halogens is 3. The molecule has 2 aromatic rings. The monoisotopic (exact) mass is 551 g/mol. The number of carbonyl (C=O) groups is 1. The number of nitrogens with zero attached hydrogens (tertiary/aromatic N) is 1. The Morgan fingerprint density at radius 3 is 2.24 bits per heavy atom. The number of benzene rings is 2. The van der Waals surface area contributed by atoms with E-state index in [1.54, 1.807) is 12.1 Å². The van der Waals surface area contributed by atoms with Crippen LogP contribution in [-0.4, -0.2) is 56.1 Å². The molecule has 1 aliphatic carbocycles. The Kier molecular flexibility index (Phi) is 9.49. The second-order valence-electron chi connectivity index (χ2n) is 10.5. The topological polar surface area (TPSA) is 78.5 Å². The van der Waals surface area contributed by atoms with Crippen LogP contribution in [0.3, 0.4) is 0 Å². The summed E-state index contributed by atoms with van der Waals surface area (Å²) in [5, 5.41) is 2.26. The predicted octanol–water partition coefficient (Wildman–Crippen LogP) is 4.58. The molecule has 0 spiro atoms. The lowest BCUT2D eigenvalue weighted by atomic mass is 9.96. The molecule has 1 heterocycles. The van der Waals surface area contributed by atoms with Gasteiger partial charge in [0.2, 0.25) is 21.9 Å². The standard InChI is InChI=1S/C28H36F3N3O3S/c29-23-8-6-21(7-9-23)20-27(35)32-24-12-17-34(18-13-24)19-14-26(22-4-2-1-3-5-22)33-38(36,37)25-10-15-28(30,31)16-11-25/h1-9,24-26,33H,10-20H2,(H,32,35)/t26-/m0/s1. The molecule has 38 heavy (non-hydrogen) atoms. The van der Waals surface area contributed by atoms with Crippen LogP contribution in [0.15, 0.2) is 54.6 Å². The highest BCUT2D eigenvalue weighted by Gasteiger charge is 2.40. The van der Waals surface area contributed by atoms with Crippen molar-refractivity contribution < 1.29 is 26.4 Å². The summed E-state index contributed by atoms with van der Waals surface area (Å²) < 4.78 is 69.2. The molecule has 10 heteroatoms. The number of hydrogen-bond donors (Lipinski definition) is 2. The minimum absolute atomic E-state index is 0.0375. The molecule has 2 N–H and O–H groups in total. The Bertz CT molecular complexity index is 1140. The highest BCUT2D eigenvalue weighted by atomic mass is 32.2. The second kappa shape index (κ2) is 12.6. The Hall–Kier alpha value is -2.43. The molecule has 1 aliphatic heterocycles. The van der Waals surface area contributed by atoms with Crippen LogP contribution in [0.5, 0.6) is 0 Å². The first-order valence-corrected chi connectivity index (χ1v) is 14.8. The molecule has 6 nitrogen and oxygen atoms in total. The van der Waals surface area contributed by atoms with E-state index in [1.165, 1.54) is 12.1 Å². The second-order valence-corrected chi connectivity index (χ2v) is 12.4. The highest BCUT2D eigenvalue weighted by molar-refractivity contribution is 7.90. The molecular weight excluding hydrogens is 515 g/mol. The summed E-state index contributed by atoms with van der Waals surface area (Å²) in [6.45, 7) is 2.21. The number of sulfonamides is 1. The lowest BCUT2D eigenvalue weighted by Gasteiger charge is -2.34. The smallest absolute Gasteiger partial charge is 0.248 e. The van der Waals surface area contributed by atoms with Crippen LogP contribution in [0, 0.1) is 5.82 Å². The summed E-state index contributed by atoms with van der Waals surface area (Å²) in [6, 6.07) is 14.9. The number of likely N-dealkylation sites (tertiary alicyclic amines) is 1. The van der Waals surface area contributed by atoms with Gasteiger partial charge in [0.15, 0.2) is 0 Å². The Morgan fingerprint density at radius 1 is 0.974 bits per heavy atom. The van der Waals surface area contributed by atoms with Gasteiger partial charge in [-0.2, -0.15) is 0 Å². The molecule has 1 atom stereocenters. The molecule has 4 rings (SSSR count). The summed E-state index contributed by atoms with van der Waals surface area (Å²) in [4.78, 5) is 14.7. The number of rotatable bonds is 10. The Labute approximate surface area is 223 Å². The predicted molar refractivity (Wildman–Crippen MR) is 141 cm³/mol. The molecule has 2 fully saturated rings. The molecule has 0 aromatic heterocycles.